The molecule has 1 fully saturated rings. The van der Waals surface area contributed by atoms with E-state index in [0.717, 1.165) is 11.1 Å². The molecule has 1 aliphatic rings. The first-order chi connectivity index (χ1) is 17.7. The fraction of sp³-hybridized carbons (Fsp3) is 0.370. The lowest BCUT2D eigenvalue weighted by atomic mass is 10.00. The number of amides is 5. The Bertz CT molecular complexity index is 1120. The summed E-state index contributed by atoms with van der Waals surface area (Å²) in [4.78, 5) is 67.5. The Morgan fingerprint density at radius 1 is 0.703 bits per heavy atom. The van der Waals surface area contributed by atoms with Crippen LogP contribution in [-0.2, 0) is 36.8 Å². The van der Waals surface area contributed by atoms with Crippen LogP contribution < -0.4 is 16.0 Å². The van der Waals surface area contributed by atoms with Crippen molar-refractivity contribution in [3.8, 4) is 0 Å². The first kappa shape index (κ1) is 27.4. The Kier molecular flexibility index (Phi) is 9.37. The van der Waals surface area contributed by atoms with E-state index in [0.29, 0.717) is 0 Å². The molecule has 10 heteroatoms. The van der Waals surface area contributed by atoms with Gasteiger partial charge in [0.2, 0.25) is 29.5 Å². The van der Waals surface area contributed by atoms with Gasteiger partial charge in [-0.2, -0.15) is 0 Å². The third-order valence-corrected chi connectivity index (χ3v) is 6.42. The number of benzene rings is 2. The Labute approximate surface area is 216 Å². The summed E-state index contributed by atoms with van der Waals surface area (Å²) in [6, 6.07) is 15.7. The maximum atomic E-state index is 13.9. The number of rotatable bonds is 4. The molecule has 0 aromatic heterocycles. The third kappa shape index (κ3) is 7.39. The second kappa shape index (κ2) is 12.7. The van der Waals surface area contributed by atoms with E-state index in [1.165, 1.54) is 30.8 Å². The van der Waals surface area contributed by atoms with Crippen LogP contribution in [0.1, 0.15) is 18.1 Å². The van der Waals surface area contributed by atoms with Crippen molar-refractivity contribution < 1.29 is 24.0 Å². The molecule has 1 saturated heterocycles. The molecule has 0 bridgehead atoms. The van der Waals surface area contributed by atoms with Crippen LogP contribution in [0.5, 0.6) is 0 Å². The van der Waals surface area contributed by atoms with Crippen LogP contribution in [0.3, 0.4) is 0 Å². The predicted octanol–water partition coefficient (Wildman–Crippen LogP) is -0.123. The zero-order valence-corrected chi connectivity index (χ0v) is 21.3. The van der Waals surface area contributed by atoms with Crippen molar-refractivity contribution in [2.24, 2.45) is 0 Å². The highest BCUT2D eigenvalue weighted by atomic mass is 16.2. The lowest BCUT2D eigenvalue weighted by Gasteiger charge is -2.35. The molecule has 196 valence electrons. The first-order valence-electron chi connectivity index (χ1n) is 12.1. The van der Waals surface area contributed by atoms with Gasteiger partial charge in [0.1, 0.15) is 18.1 Å². The lowest BCUT2D eigenvalue weighted by molar-refractivity contribution is -0.147. The van der Waals surface area contributed by atoms with E-state index in [2.05, 4.69) is 16.0 Å². The fourth-order valence-corrected chi connectivity index (χ4v) is 4.09. The van der Waals surface area contributed by atoms with E-state index >= 15 is 0 Å². The van der Waals surface area contributed by atoms with E-state index in [1.54, 1.807) is 0 Å². The smallest absolute Gasteiger partial charge is 0.246 e. The summed E-state index contributed by atoms with van der Waals surface area (Å²) in [5.41, 5.74) is 1.67. The molecular weight excluding hydrogens is 474 g/mol. The summed E-state index contributed by atoms with van der Waals surface area (Å²) in [5.74, 6) is -2.55. The summed E-state index contributed by atoms with van der Waals surface area (Å²) in [6.07, 6.45) is 0.426. The van der Waals surface area contributed by atoms with Gasteiger partial charge in [-0.3, -0.25) is 24.0 Å². The van der Waals surface area contributed by atoms with Gasteiger partial charge in [0.25, 0.3) is 0 Å². The highest BCUT2D eigenvalue weighted by Gasteiger charge is 2.36. The maximum absolute atomic E-state index is 13.9. The molecule has 10 nitrogen and oxygen atoms in total. The molecule has 2 aromatic carbocycles. The van der Waals surface area contributed by atoms with Crippen molar-refractivity contribution in [1.29, 1.82) is 0 Å². The molecule has 5 amide bonds. The standard InChI is InChI=1S/C27H33N5O5/c1-18-25(35)29-16-23(33)28-17-24(34)31(2)22(15-20-12-8-5-9-13-20)27(37)32(3)21(26(36)30-18)14-19-10-6-4-7-11-19/h4-13,18,21-22H,14-17H2,1-3H3,(H,28,33)(H,29,35)(H,30,36)/t18-,21+,22-/m1/s1. The van der Waals surface area contributed by atoms with E-state index in [4.69, 9.17) is 0 Å². The third-order valence-electron chi connectivity index (χ3n) is 6.42. The first-order valence-corrected chi connectivity index (χ1v) is 12.1. The summed E-state index contributed by atoms with van der Waals surface area (Å²) in [5, 5.41) is 7.59. The molecule has 2 aromatic rings. The van der Waals surface area contributed by atoms with Crippen LogP contribution in [0.25, 0.3) is 0 Å². The number of hydrogen-bond acceptors (Lipinski definition) is 5. The SMILES string of the molecule is C[C@H]1NC(=O)[C@H](Cc2ccccc2)N(C)C(=O)[C@@H](Cc2ccccc2)N(C)C(=O)CNC(=O)CNC1=O. The average molecular weight is 508 g/mol. The van der Waals surface area contributed by atoms with E-state index < -0.39 is 47.7 Å². The molecule has 3 rings (SSSR count). The average Bonchev–Trinajstić information content (AvgIpc) is 2.91. The Hall–Kier alpha value is -4.21. The topological polar surface area (TPSA) is 128 Å². The number of likely N-dealkylation sites (N-methyl/N-ethyl adjacent to an activating group) is 2. The summed E-state index contributed by atoms with van der Waals surface area (Å²) in [7, 11) is 3.03. The molecule has 0 aliphatic carbocycles. The van der Waals surface area contributed by atoms with Crippen molar-refractivity contribution in [1.82, 2.24) is 25.8 Å². The van der Waals surface area contributed by atoms with Gasteiger partial charge in [0.05, 0.1) is 13.1 Å². The van der Waals surface area contributed by atoms with Gasteiger partial charge >= 0.3 is 0 Å². The molecule has 0 saturated carbocycles. The highest BCUT2D eigenvalue weighted by molar-refractivity contribution is 5.96. The lowest BCUT2D eigenvalue weighted by Crippen LogP contribution is -2.58. The van der Waals surface area contributed by atoms with Crippen molar-refractivity contribution in [2.75, 3.05) is 27.2 Å². The van der Waals surface area contributed by atoms with Crippen LogP contribution in [0.2, 0.25) is 0 Å². The minimum atomic E-state index is -0.948. The van der Waals surface area contributed by atoms with Gasteiger partial charge < -0.3 is 25.8 Å². The largest absolute Gasteiger partial charge is 0.345 e. The molecule has 0 radical (unpaired) electrons. The minimum Gasteiger partial charge on any atom is -0.345 e. The van der Waals surface area contributed by atoms with Crippen molar-refractivity contribution in [2.45, 2.75) is 37.9 Å². The molecular formula is C27H33N5O5. The molecule has 0 spiro atoms. The van der Waals surface area contributed by atoms with Crippen LogP contribution in [0, 0.1) is 0 Å². The quantitative estimate of drug-likeness (QED) is 0.532. The zero-order chi connectivity index (χ0) is 26.9. The number of carbonyl (C=O) groups excluding carboxylic acids is 5. The Balaban J connectivity index is 1.99. The van der Waals surface area contributed by atoms with E-state index in [1.807, 2.05) is 60.7 Å². The molecule has 37 heavy (non-hydrogen) atoms. The van der Waals surface area contributed by atoms with Crippen molar-refractivity contribution in [3.63, 3.8) is 0 Å². The number of nitrogens with one attached hydrogen (secondary N) is 3. The summed E-state index contributed by atoms with van der Waals surface area (Å²) < 4.78 is 0. The van der Waals surface area contributed by atoms with Crippen molar-refractivity contribution in [3.05, 3.63) is 71.8 Å². The van der Waals surface area contributed by atoms with Gasteiger partial charge in [0, 0.05) is 26.9 Å². The molecule has 0 unspecified atom stereocenters. The molecule has 1 aliphatic heterocycles. The van der Waals surface area contributed by atoms with Crippen LogP contribution >= 0.6 is 0 Å². The minimum absolute atomic E-state index is 0.207. The van der Waals surface area contributed by atoms with Gasteiger partial charge in [-0.15, -0.1) is 0 Å². The Morgan fingerprint density at radius 3 is 1.81 bits per heavy atom. The number of hydrogen-bond donors (Lipinski definition) is 3. The molecule has 1 heterocycles. The van der Waals surface area contributed by atoms with Crippen LogP contribution in [0.4, 0.5) is 0 Å². The van der Waals surface area contributed by atoms with Gasteiger partial charge in [0.15, 0.2) is 0 Å². The Morgan fingerprint density at radius 2 is 1.24 bits per heavy atom. The van der Waals surface area contributed by atoms with Gasteiger partial charge in [-0.25, -0.2) is 0 Å². The zero-order valence-electron chi connectivity index (χ0n) is 21.3. The summed E-state index contributed by atoms with van der Waals surface area (Å²) in [6.45, 7) is 0.809. The maximum Gasteiger partial charge on any atom is 0.246 e. The molecule has 3 atom stereocenters. The van der Waals surface area contributed by atoms with Gasteiger partial charge in [-0.05, 0) is 18.1 Å². The molecule has 3 N–H and O–H groups in total. The summed E-state index contributed by atoms with van der Waals surface area (Å²) >= 11 is 0. The van der Waals surface area contributed by atoms with Crippen LogP contribution in [-0.4, -0.2) is 84.6 Å². The highest BCUT2D eigenvalue weighted by Crippen LogP contribution is 2.16. The second-order valence-electron chi connectivity index (χ2n) is 9.09. The van der Waals surface area contributed by atoms with E-state index in [9.17, 15) is 24.0 Å². The van der Waals surface area contributed by atoms with Crippen LogP contribution in [0.15, 0.2) is 60.7 Å². The van der Waals surface area contributed by atoms with Crippen molar-refractivity contribution >= 4 is 29.5 Å². The van der Waals surface area contributed by atoms with E-state index in [-0.39, 0.29) is 25.9 Å². The number of nitrogens with zero attached hydrogens (tertiary/aromatic N) is 2. The van der Waals surface area contributed by atoms with Gasteiger partial charge in [-0.1, -0.05) is 60.7 Å². The second-order valence-corrected chi connectivity index (χ2v) is 9.09. The monoisotopic (exact) mass is 507 g/mol. The fourth-order valence-electron chi connectivity index (χ4n) is 4.09. The normalized spacial score (nSPS) is 22.5. The predicted molar refractivity (Wildman–Crippen MR) is 137 cm³/mol. The number of carbonyl (C=O) groups is 5.